The fraction of sp³-hybridized carbons (Fsp3) is 0.706. The maximum absolute atomic E-state index is 12.6. The molecule has 0 spiro atoms. The monoisotopic (exact) mass is 406 g/mol. The van der Waals surface area contributed by atoms with Crippen molar-refractivity contribution in [1.82, 2.24) is 15.6 Å². The van der Waals surface area contributed by atoms with Crippen molar-refractivity contribution in [3.63, 3.8) is 0 Å². The van der Waals surface area contributed by atoms with E-state index in [0.717, 1.165) is 42.4 Å². The van der Waals surface area contributed by atoms with Crippen molar-refractivity contribution in [1.29, 1.82) is 0 Å². The van der Waals surface area contributed by atoms with Crippen LogP contribution in [0.4, 0.5) is 13.2 Å². The maximum atomic E-state index is 12.6. The summed E-state index contributed by atoms with van der Waals surface area (Å²) in [4.78, 5) is 19.5. The number of halogens is 3. The number of hydrogen-bond acceptors (Lipinski definition) is 5. The number of thiazole rings is 1. The Hall–Kier alpha value is -1.84. The van der Waals surface area contributed by atoms with Gasteiger partial charge in [-0.25, -0.2) is 4.98 Å². The van der Waals surface area contributed by atoms with Gasteiger partial charge in [0, 0.05) is 31.4 Å². The molecule has 0 saturated heterocycles. The summed E-state index contributed by atoms with van der Waals surface area (Å²) in [5.41, 5.74) is -0.844. The molecule has 10 heteroatoms. The van der Waals surface area contributed by atoms with Crippen LogP contribution in [0.25, 0.3) is 0 Å². The summed E-state index contributed by atoms with van der Waals surface area (Å²) in [6.07, 6.45) is -0.796. The zero-order valence-electron chi connectivity index (χ0n) is 15.4. The van der Waals surface area contributed by atoms with Crippen LogP contribution in [0.3, 0.4) is 0 Å². The highest BCUT2D eigenvalue weighted by molar-refractivity contribution is 7.09. The fourth-order valence-corrected chi connectivity index (χ4v) is 3.77. The van der Waals surface area contributed by atoms with Gasteiger partial charge in [0.1, 0.15) is 0 Å². The third-order valence-corrected chi connectivity index (χ3v) is 5.29. The quantitative estimate of drug-likeness (QED) is 0.432. The lowest BCUT2D eigenvalue weighted by Gasteiger charge is -2.29. The van der Waals surface area contributed by atoms with E-state index < -0.39 is 11.9 Å². The zero-order chi connectivity index (χ0) is 19.9. The number of rotatable bonds is 6. The molecule has 0 unspecified atom stereocenters. The first-order chi connectivity index (χ1) is 12.8. The van der Waals surface area contributed by atoms with Crippen molar-refractivity contribution in [2.45, 2.75) is 51.2 Å². The van der Waals surface area contributed by atoms with Crippen molar-refractivity contribution in [3.8, 4) is 0 Å². The van der Waals surface area contributed by atoms with Gasteiger partial charge in [-0.2, -0.15) is 13.2 Å². The third kappa shape index (κ3) is 6.67. The highest BCUT2D eigenvalue weighted by Crippen LogP contribution is 2.30. The first kappa shape index (κ1) is 21.5. The third-order valence-electron chi connectivity index (χ3n) is 4.39. The van der Waals surface area contributed by atoms with Crippen LogP contribution < -0.4 is 10.6 Å². The second kappa shape index (κ2) is 9.91. The molecule has 1 aliphatic rings. The lowest BCUT2D eigenvalue weighted by atomic mass is 9.86. The molecule has 1 heterocycles. The van der Waals surface area contributed by atoms with Crippen molar-refractivity contribution in [3.05, 3.63) is 16.1 Å². The molecule has 2 rings (SSSR count). The molecule has 27 heavy (non-hydrogen) atoms. The number of carbonyl (C=O) groups excluding carboxylic acids is 1. The summed E-state index contributed by atoms with van der Waals surface area (Å²) in [5, 5.41) is 7.87. The lowest BCUT2D eigenvalue weighted by Crippen LogP contribution is -2.45. The largest absolute Gasteiger partial charge is 0.466 e. The standard InChI is InChI=1S/C17H25F3N4O2S/c1-3-26-15(25)11-4-6-12(7-5-11)23-16(21-2)22-9-8-14-24-13(10-27-14)17(18,19)20/h10-12H,3-9H2,1-2H3,(H2,21,22,23). The van der Waals surface area contributed by atoms with Gasteiger partial charge in [-0.15, -0.1) is 11.3 Å². The van der Waals surface area contributed by atoms with E-state index in [-0.39, 0.29) is 17.9 Å². The van der Waals surface area contributed by atoms with E-state index in [1.165, 1.54) is 0 Å². The van der Waals surface area contributed by atoms with Crippen LogP contribution in [0.5, 0.6) is 0 Å². The number of ether oxygens (including phenoxy) is 1. The molecule has 1 saturated carbocycles. The van der Waals surface area contributed by atoms with Gasteiger partial charge in [-0.3, -0.25) is 9.79 Å². The molecule has 2 N–H and O–H groups in total. The Morgan fingerprint density at radius 1 is 1.37 bits per heavy atom. The number of hydrogen-bond donors (Lipinski definition) is 2. The van der Waals surface area contributed by atoms with E-state index in [9.17, 15) is 18.0 Å². The molecule has 0 aromatic carbocycles. The van der Waals surface area contributed by atoms with E-state index in [1.54, 1.807) is 14.0 Å². The minimum atomic E-state index is -4.40. The van der Waals surface area contributed by atoms with Gasteiger partial charge < -0.3 is 15.4 Å². The first-order valence-electron chi connectivity index (χ1n) is 8.98. The van der Waals surface area contributed by atoms with Gasteiger partial charge in [-0.1, -0.05) is 0 Å². The van der Waals surface area contributed by atoms with Crippen LogP contribution in [0, 0.1) is 5.92 Å². The highest BCUT2D eigenvalue weighted by Gasteiger charge is 2.33. The molecule has 0 atom stereocenters. The minimum absolute atomic E-state index is 0.0364. The smallest absolute Gasteiger partial charge is 0.434 e. The van der Waals surface area contributed by atoms with Crippen molar-refractivity contribution in [2.24, 2.45) is 10.9 Å². The van der Waals surface area contributed by atoms with Crippen LogP contribution in [0.15, 0.2) is 10.4 Å². The van der Waals surface area contributed by atoms with Gasteiger partial charge >= 0.3 is 12.1 Å². The van der Waals surface area contributed by atoms with Gasteiger partial charge in [-0.05, 0) is 32.6 Å². The maximum Gasteiger partial charge on any atom is 0.434 e. The van der Waals surface area contributed by atoms with Crippen LogP contribution in [0.2, 0.25) is 0 Å². The highest BCUT2D eigenvalue weighted by atomic mass is 32.1. The van der Waals surface area contributed by atoms with Gasteiger partial charge in [0.25, 0.3) is 0 Å². The van der Waals surface area contributed by atoms with E-state index >= 15 is 0 Å². The molecule has 1 aromatic heterocycles. The molecule has 1 aliphatic carbocycles. The number of alkyl halides is 3. The summed E-state index contributed by atoms with van der Waals surface area (Å²) >= 11 is 1.00. The SMILES string of the molecule is CCOC(=O)C1CCC(NC(=NC)NCCc2nc(C(F)(F)F)cs2)CC1. The number of aromatic nitrogens is 1. The predicted octanol–water partition coefficient (Wildman–Crippen LogP) is 2.99. The molecular formula is C17H25F3N4O2S. The number of esters is 1. The van der Waals surface area contributed by atoms with Gasteiger partial charge in [0.2, 0.25) is 0 Å². The number of guanidine groups is 1. The molecule has 0 bridgehead atoms. The first-order valence-corrected chi connectivity index (χ1v) is 9.86. The molecule has 0 radical (unpaired) electrons. The summed E-state index contributed by atoms with van der Waals surface area (Å²) in [6, 6.07) is 0.207. The topological polar surface area (TPSA) is 75.6 Å². The van der Waals surface area contributed by atoms with Gasteiger partial charge in [0.05, 0.1) is 17.5 Å². The van der Waals surface area contributed by atoms with Crippen LogP contribution >= 0.6 is 11.3 Å². The van der Waals surface area contributed by atoms with E-state index in [1.807, 2.05) is 0 Å². The number of nitrogens with one attached hydrogen (secondary N) is 2. The van der Waals surface area contributed by atoms with Crippen molar-refractivity contribution in [2.75, 3.05) is 20.2 Å². The molecule has 152 valence electrons. The van der Waals surface area contributed by atoms with Crippen LogP contribution in [-0.2, 0) is 22.1 Å². The lowest BCUT2D eigenvalue weighted by molar-refractivity contribution is -0.149. The van der Waals surface area contributed by atoms with E-state index in [4.69, 9.17) is 4.74 Å². The second-order valence-electron chi connectivity index (χ2n) is 6.32. The zero-order valence-corrected chi connectivity index (χ0v) is 16.3. The normalized spacial score (nSPS) is 21.0. The Labute approximate surface area is 160 Å². The molecule has 0 aliphatic heterocycles. The Kier molecular flexibility index (Phi) is 7.88. The molecular weight excluding hydrogens is 381 g/mol. The second-order valence-corrected chi connectivity index (χ2v) is 7.26. The average Bonchev–Trinajstić information content (AvgIpc) is 3.11. The number of carbonyl (C=O) groups is 1. The Morgan fingerprint density at radius 2 is 2.07 bits per heavy atom. The summed E-state index contributed by atoms with van der Waals surface area (Å²) in [6.45, 7) is 2.64. The van der Waals surface area contributed by atoms with Crippen molar-refractivity contribution < 1.29 is 22.7 Å². The van der Waals surface area contributed by atoms with E-state index in [0.29, 0.717) is 30.5 Å². The average molecular weight is 406 g/mol. The Morgan fingerprint density at radius 3 is 2.63 bits per heavy atom. The minimum Gasteiger partial charge on any atom is -0.466 e. The van der Waals surface area contributed by atoms with Gasteiger partial charge in [0.15, 0.2) is 11.7 Å². The molecule has 6 nitrogen and oxygen atoms in total. The fourth-order valence-electron chi connectivity index (χ4n) is 2.97. The molecule has 0 amide bonds. The van der Waals surface area contributed by atoms with Crippen LogP contribution in [-0.4, -0.2) is 43.2 Å². The van der Waals surface area contributed by atoms with E-state index in [2.05, 4.69) is 20.6 Å². The summed E-state index contributed by atoms with van der Waals surface area (Å²) < 4.78 is 42.7. The predicted molar refractivity (Wildman–Crippen MR) is 97.7 cm³/mol. The Bertz CT molecular complexity index is 640. The summed E-state index contributed by atoms with van der Waals surface area (Å²) in [7, 11) is 1.64. The molecule has 1 aromatic rings. The Balaban J connectivity index is 1.72. The van der Waals surface area contributed by atoms with Crippen molar-refractivity contribution >= 4 is 23.3 Å². The molecule has 1 fully saturated rings. The number of nitrogens with zero attached hydrogens (tertiary/aromatic N) is 2. The van der Waals surface area contributed by atoms with Crippen LogP contribution in [0.1, 0.15) is 43.3 Å². The number of aliphatic imine (C=N–C) groups is 1. The summed E-state index contributed by atoms with van der Waals surface area (Å²) in [5.74, 6) is 0.438.